The van der Waals surface area contributed by atoms with Crippen LogP contribution in [0.2, 0.25) is 0 Å². The molecule has 5 heteroatoms. The highest BCUT2D eigenvalue weighted by molar-refractivity contribution is 5.94. The topological polar surface area (TPSA) is 47.9 Å². The van der Waals surface area contributed by atoms with Crippen molar-refractivity contribution in [2.75, 3.05) is 33.2 Å². The van der Waals surface area contributed by atoms with Crippen molar-refractivity contribution in [3.8, 4) is 0 Å². The molecule has 0 atom stereocenters. The first-order valence-corrected chi connectivity index (χ1v) is 11.0. The zero-order valence-electron chi connectivity index (χ0n) is 17.3. The molecular formula is C23H34N4O. The molecule has 0 unspecified atom stereocenters. The Morgan fingerprint density at radius 1 is 0.964 bits per heavy atom. The van der Waals surface area contributed by atoms with Crippen molar-refractivity contribution >= 4 is 11.9 Å². The molecule has 1 amide bonds. The molecule has 1 aromatic rings. The third-order valence-corrected chi connectivity index (χ3v) is 6.91. The summed E-state index contributed by atoms with van der Waals surface area (Å²) in [5.41, 5.74) is 2.54. The minimum atomic E-state index is 0.175. The summed E-state index contributed by atoms with van der Waals surface area (Å²) in [5, 5.41) is 3.53. The molecule has 0 bridgehead atoms. The van der Waals surface area contributed by atoms with Crippen LogP contribution in [-0.2, 0) is 6.54 Å². The summed E-state index contributed by atoms with van der Waals surface area (Å²) in [6, 6.07) is 8.08. The Bertz CT molecular complexity index is 700. The third kappa shape index (κ3) is 4.18. The number of hydrogen-bond donors (Lipinski definition) is 1. The van der Waals surface area contributed by atoms with Gasteiger partial charge in [0.25, 0.3) is 5.91 Å². The Morgan fingerprint density at radius 2 is 1.68 bits per heavy atom. The first-order chi connectivity index (χ1) is 13.7. The number of benzene rings is 1. The Balaban J connectivity index is 1.31. The fourth-order valence-corrected chi connectivity index (χ4v) is 5.21. The van der Waals surface area contributed by atoms with Crippen LogP contribution in [0.4, 0.5) is 0 Å². The lowest BCUT2D eigenvalue weighted by Gasteiger charge is -2.27. The Morgan fingerprint density at radius 3 is 2.36 bits per heavy atom. The van der Waals surface area contributed by atoms with E-state index in [0.29, 0.717) is 5.41 Å². The minimum absolute atomic E-state index is 0.175. The molecular weight excluding hydrogens is 348 g/mol. The van der Waals surface area contributed by atoms with Crippen molar-refractivity contribution in [1.82, 2.24) is 15.1 Å². The van der Waals surface area contributed by atoms with Gasteiger partial charge in [0.2, 0.25) is 0 Å². The maximum absolute atomic E-state index is 12.6. The number of nitrogens with zero attached hydrogens (tertiary/aromatic N) is 3. The predicted molar refractivity (Wildman–Crippen MR) is 113 cm³/mol. The molecule has 1 spiro atoms. The van der Waals surface area contributed by atoms with E-state index in [0.717, 1.165) is 57.1 Å². The normalized spacial score (nSPS) is 22.1. The maximum Gasteiger partial charge on any atom is 0.253 e. The van der Waals surface area contributed by atoms with E-state index in [1.165, 1.54) is 44.1 Å². The first-order valence-electron chi connectivity index (χ1n) is 11.0. The molecule has 152 valence electrons. The molecule has 1 aliphatic carbocycles. The number of nitrogens with one attached hydrogen (secondary N) is 1. The number of piperidine rings is 1. The summed E-state index contributed by atoms with van der Waals surface area (Å²) in [5.74, 6) is 1.19. The van der Waals surface area contributed by atoms with Gasteiger partial charge >= 0.3 is 0 Å². The monoisotopic (exact) mass is 382 g/mol. The highest BCUT2D eigenvalue weighted by Gasteiger charge is 2.41. The van der Waals surface area contributed by atoms with E-state index >= 15 is 0 Å². The summed E-state index contributed by atoms with van der Waals surface area (Å²) in [7, 11) is 1.88. The highest BCUT2D eigenvalue weighted by atomic mass is 16.2. The van der Waals surface area contributed by atoms with Crippen LogP contribution in [0.1, 0.15) is 67.3 Å². The largest absolute Gasteiger partial charge is 0.352 e. The van der Waals surface area contributed by atoms with Gasteiger partial charge in [-0.25, -0.2) is 0 Å². The van der Waals surface area contributed by atoms with E-state index in [4.69, 9.17) is 0 Å². The Hall–Kier alpha value is -2.04. The standard InChI is InChI=1S/C23H34N4O/c1-24-22(27-16-13-23(18-27)11-3-4-12-23)25-17-19-7-9-20(10-8-19)21(28)26-14-5-2-6-15-26/h7-10H,2-6,11-18H2,1H3,(H,24,25). The van der Waals surface area contributed by atoms with Gasteiger partial charge in [-0.05, 0) is 61.6 Å². The average Bonchev–Trinajstić information content (AvgIpc) is 3.39. The highest BCUT2D eigenvalue weighted by Crippen LogP contribution is 2.45. The van der Waals surface area contributed by atoms with E-state index < -0.39 is 0 Å². The second-order valence-electron chi connectivity index (χ2n) is 8.83. The maximum atomic E-state index is 12.6. The van der Waals surface area contributed by atoms with Gasteiger partial charge < -0.3 is 15.1 Å². The van der Waals surface area contributed by atoms with Gasteiger partial charge in [-0.2, -0.15) is 0 Å². The van der Waals surface area contributed by atoms with E-state index in [2.05, 4.69) is 27.3 Å². The lowest BCUT2D eigenvalue weighted by Crippen LogP contribution is -2.40. The number of rotatable bonds is 3. The van der Waals surface area contributed by atoms with Gasteiger partial charge in [0.15, 0.2) is 5.96 Å². The van der Waals surface area contributed by atoms with Crippen molar-refractivity contribution in [1.29, 1.82) is 0 Å². The van der Waals surface area contributed by atoms with Crippen molar-refractivity contribution < 1.29 is 4.79 Å². The first kappa shape index (κ1) is 19.3. The quantitative estimate of drug-likeness (QED) is 0.641. The van der Waals surface area contributed by atoms with Gasteiger partial charge in [-0.15, -0.1) is 0 Å². The molecule has 0 radical (unpaired) electrons. The Kier molecular flexibility index (Phi) is 5.88. The zero-order chi connectivity index (χ0) is 19.4. The lowest BCUT2D eigenvalue weighted by atomic mass is 9.86. The number of hydrogen-bond acceptors (Lipinski definition) is 2. The SMILES string of the molecule is CN=C(NCc1ccc(C(=O)N2CCCCC2)cc1)N1CCC2(CCCC2)C1. The van der Waals surface area contributed by atoms with Crippen LogP contribution in [0.15, 0.2) is 29.3 Å². The fourth-order valence-electron chi connectivity index (χ4n) is 5.21. The van der Waals surface area contributed by atoms with Crippen LogP contribution in [0.5, 0.6) is 0 Å². The Labute approximate surface area is 169 Å². The van der Waals surface area contributed by atoms with Gasteiger partial charge in [0, 0.05) is 45.3 Å². The molecule has 3 fully saturated rings. The van der Waals surface area contributed by atoms with E-state index in [-0.39, 0.29) is 5.91 Å². The lowest BCUT2D eigenvalue weighted by molar-refractivity contribution is 0.0724. The molecule has 4 rings (SSSR count). The molecule has 2 heterocycles. The second kappa shape index (κ2) is 8.54. The van der Waals surface area contributed by atoms with Gasteiger partial charge in [0.05, 0.1) is 0 Å². The van der Waals surface area contributed by atoms with Crippen molar-refractivity contribution in [3.05, 3.63) is 35.4 Å². The van der Waals surface area contributed by atoms with Crippen LogP contribution in [0.25, 0.3) is 0 Å². The molecule has 5 nitrogen and oxygen atoms in total. The van der Waals surface area contributed by atoms with Crippen molar-refractivity contribution in [2.24, 2.45) is 10.4 Å². The summed E-state index contributed by atoms with van der Waals surface area (Å²) < 4.78 is 0. The summed E-state index contributed by atoms with van der Waals surface area (Å²) in [4.78, 5) is 21.5. The zero-order valence-corrected chi connectivity index (χ0v) is 17.3. The van der Waals surface area contributed by atoms with Gasteiger partial charge in [-0.3, -0.25) is 9.79 Å². The minimum Gasteiger partial charge on any atom is -0.352 e. The fraction of sp³-hybridized carbons (Fsp3) is 0.652. The number of aliphatic imine (C=N–C) groups is 1. The van der Waals surface area contributed by atoms with Crippen LogP contribution < -0.4 is 5.32 Å². The van der Waals surface area contributed by atoms with Crippen molar-refractivity contribution in [2.45, 2.75) is 57.9 Å². The molecule has 3 aliphatic rings. The van der Waals surface area contributed by atoms with E-state index in [1.54, 1.807) is 0 Å². The number of guanidine groups is 1. The summed E-state index contributed by atoms with van der Waals surface area (Å²) >= 11 is 0. The summed E-state index contributed by atoms with van der Waals surface area (Å²) in [6.07, 6.45) is 10.4. The van der Waals surface area contributed by atoms with Crippen molar-refractivity contribution in [3.63, 3.8) is 0 Å². The van der Waals surface area contributed by atoms with Gasteiger partial charge in [-0.1, -0.05) is 25.0 Å². The van der Waals surface area contributed by atoms with E-state index in [9.17, 15) is 4.79 Å². The smallest absolute Gasteiger partial charge is 0.253 e. The molecule has 2 saturated heterocycles. The summed E-state index contributed by atoms with van der Waals surface area (Å²) in [6.45, 7) is 4.80. The third-order valence-electron chi connectivity index (χ3n) is 6.91. The predicted octanol–water partition coefficient (Wildman–Crippen LogP) is 3.65. The molecule has 1 saturated carbocycles. The number of likely N-dealkylation sites (tertiary alicyclic amines) is 2. The number of carbonyl (C=O) groups is 1. The van der Waals surface area contributed by atoms with E-state index in [1.807, 2.05) is 24.1 Å². The number of amides is 1. The van der Waals surface area contributed by atoms with Crippen LogP contribution in [-0.4, -0.2) is 54.9 Å². The molecule has 1 N–H and O–H groups in total. The average molecular weight is 383 g/mol. The molecule has 2 aliphatic heterocycles. The van der Waals surface area contributed by atoms with Crippen LogP contribution >= 0.6 is 0 Å². The van der Waals surface area contributed by atoms with Gasteiger partial charge in [0.1, 0.15) is 0 Å². The molecule has 28 heavy (non-hydrogen) atoms. The van der Waals surface area contributed by atoms with Crippen LogP contribution in [0.3, 0.4) is 0 Å². The van der Waals surface area contributed by atoms with Crippen LogP contribution in [0, 0.1) is 5.41 Å². The second-order valence-corrected chi connectivity index (χ2v) is 8.83. The molecule has 0 aromatic heterocycles. The molecule has 1 aromatic carbocycles. The number of carbonyl (C=O) groups excluding carboxylic acids is 1.